The summed E-state index contributed by atoms with van der Waals surface area (Å²) in [5.41, 5.74) is 12.7. The molecule has 1 fully saturated rings. The standard InChI is InChI=1S/C44H33BN2S3/c1-43-21-11-12-22-44(43,2)47(32-17-7-6-16-31(32)43)26-23-30-38-28-14-4-9-19-36(28)49-41(38)45-39(30)33(24-26)46(34-25-48-35-18-8-3-13-27(34)35)40-29-15-5-10-20-37(29)50-42(40)45/h3-10,13-20,23-25H,11-12,21-22H2,1-2H3. The number of rotatable bonds is 2. The van der Waals surface area contributed by atoms with Crippen molar-refractivity contribution in [2.75, 3.05) is 9.80 Å². The molecule has 0 saturated heterocycles. The Morgan fingerprint density at radius 3 is 2.18 bits per heavy atom. The van der Waals surface area contributed by atoms with Crippen molar-refractivity contribution in [2.24, 2.45) is 0 Å². The molecule has 3 aromatic heterocycles. The highest BCUT2D eigenvalue weighted by Crippen LogP contribution is 2.62. The molecule has 50 heavy (non-hydrogen) atoms. The SMILES string of the molecule is CC12CCCCC1(C)N(c1cc3c4c(c1)N(c1csc5ccccc15)c1c(sc5ccccc15)B4c1sc4ccccc4c1-3)c1ccccc12. The molecule has 12 rings (SSSR count). The maximum absolute atomic E-state index is 2.78. The van der Waals surface area contributed by atoms with E-state index in [1.54, 1.807) is 0 Å². The minimum atomic E-state index is -0.0117. The maximum Gasteiger partial charge on any atom is 0.273 e. The second kappa shape index (κ2) is 9.70. The Morgan fingerprint density at radius 2 is 1.32 bits per heavy atom. The number of hydrogen-bond donors (Lipinski definition) is 0. The molecule has 1 saturated carbocycles. The fraction of sp³-hybridized carbons (Fsp3) is 0.182. The van der Waals surface area contributed by atoms with Crippen molar-refractivity contribution in [3.63, 3.8) is 0 Å². The van der Waals surface area contributed by atoms with Gasteiger partial charge in [0, 0.05) is 57.5 Å². The Labute approximate surface area is 304 Å². The first-order chi connectivity index (χ1) is 24.5. The summed E-state index contributed by atoms with van der Waals surface area (Å²) in [6.45, 7) is 5.35. The van der Waals surface area contributed by atoms with Gasteiger partial charge in [-0.15, -0.1) is 34.0 Å². The van der Waals surface area contributed by atoms with Gasteiger partial charge in [0.2, 0.25) is 0 Å². The van der Waals surface area contributed by atoms with Gasteiger partial charge in [0.1, 0.15) is 0 Å². The average Bonchev–Trinajstić information content (AvgIpc) is 3.94. The first-order valence-electron chi connectivity index (χ1n) is 17.9. The van der Waals surface area contributed by atoms with E-state index in [0.29, 0.717) is 0 Å². The van der Waals surface area contributed by atoms with Gasteiger partial charge in [-0.05, 0) is 88.5 Å². The van der Waals surface area contributed by atoms with Crippen LogP contribution in [0.2, 0.25) is 0 Å². The van der Waals surface area contributed by atoms with E-state index in [4.69, 9.17) is 0 Å². The van der Waals surface area contributed by atoms with E-state index >= 15 is 0 Å². The zero-order valence-electron chi connectivity index (χ0n) is 28.0. The van der Waals surface area contributed by atoms with Crippen molar-refractivity contribution < 1.29 is 0 Å². The predicted molar refractivity (Wildman–Crippen MR) is 220 cm³/mol. The maximum atomic E-state index is 2.78. The molecule has 6 heteroatoms. The molecule has 0 amide bonds. The first kappa shape index (κ1) is 28.4. The zero-order valence-corrected chi connectivity index (χ0v) is 30.4. The Morgan fingerprint density at radius 1 is 0.640 bits per heavy atom. The second-order valence-electron chi connectivity index (χ2n) is 15.1. The largest absolute Gasteiger partial charge is 0.334 e. The van der Waals surface area contributed by atoms with Crippen LogP contribution in [0, 0.1) is 0 Å². The first-order valence-corrected chi connectivity index (χ1v) is 20.4. The van der Waals surface area contributed by atoms with E-state index in [1.165, 1.54) is 116 Å². The fourth-order valence-electron chi connectivity index (χ4n) is 10.5. The smallest absolute Gasteiger partial charge is 0.273 e. The summed E-state index contributed by atoms with van der Waals surface area (Å²) in [6, 6.07) is 41.7. The molecule has 240 valence electrons. The molecular weight excluding hydrogens is 664 g/mol. The topological polar surface area (TPSA) is 6.48 Å². The van der Waals surface area contributed by atoms with Crippen LogP contribution in [0.1, 0.15) is 45.1 Å². The molecule has 2 unspecified atom stereocenters. The summed E-state index contributed by atoms with van der Waals surface area (Å²) in [7, 11) is 0. The third-order valence-electron chi connectivity index (χ3n) is 12.9. The van der Waals surface area contributed by atoms with Gasteiger partial charge < -0.3 is 9.80 Å². The molecule has 8 aromatic rings. The summed E-state index contributed by atoms with van der Waals surface area (Å²) in [5, 5.41) is 6.48. The second-order valence-corrected chi connectivity index (χ2v) is 18.2. The van der Waals surface area contributed by atoms with Crippen molar-refractivity contribution in [2.45, 2.75) is 50.5 Å². The van der Waals surface area contributed by atoms with E-state index in [2.05, 4.69) is 138 Å². The summed E-state index contributed by atoms with van der Waals surface area (Å²) < 4.78 is 7.08. The molecule has 4 aliphatic rings. The highest BCUT2D eigenvalue weighted by atomic mass is 32.1. The fourth-order valence-corrected chi connectivity index (χ4v) is 14.1. The van der Waals surface area contributed by atoms with Crippen LogP contribution >= 0.6 is 34.0 Å². The monoisotopic (exact) mass is 696 g/mol. The minimum Gasteiger partial charge on any atom is -0.334 e. The van der Waals surface area contributed by atoms with Crippen LogP contribution in [0.15, 0.2) is 115 Å². The van der Waals surface area contributed by atoms with E-state index in [9.17, 15) is 0 Å². The van der Waals surface area contributed by atoms with Gasteiger partial charge in [0.05, 0.1) is 16.9 Å². The minimum absolute atomic E-state index is 0.0117. The lowest BCUT2D eigenvalue weighted by atomic mass is 9.43. The van der Waals surface area contributed by atoms with Crippen molar-refractivity contribution in [1.29, 1.82) is 0 Å². The van der Waals surface area contributed by atoms with E-state index in [1.807, 2.05) is 34.0 Å². The summed E-state index contributed by atoms with van der Waals surface area (Å²) in [5.74, 6) is 0. The third kappa shape index (κ3) is 3.32. The molecule has 3 aliphatic heterocycles. The average molecular weight is 697 g/mol. The molecule has 0 bridgehead atoms. The van der Waals surface area contributed by atoms with E-state index in [0.717, 1.165) is 0 Å². The van der Waals surface area contributed by atoms with Gasteiger partial charge in [-0.2, -0.15) is 0 Å². The highest BCUT2D eigenvalue weighted by Gasteiger charge is 2.58. The van der Waals surface area contributed by atoms with Crippen molar-refractivity contribution in [1.82, 2.24) is 0 Å². The predicted octanol–water partition coefficient (Wildman–Crippen LogP) is 11.4. The Bertz CT molecular complexity index is 2750. The van der Waals surface area contributed by atoms with Gasteiger partial charge in [-0.25, -0.2) is 0 Å². The quantitative estimate of drug-likeness (QED) is 0.166. The highest BCUT2D eigenvalue weighted by molar-refractivity contribution is 7.41. The number of hydrogen-bond acceptors (Lipinski definition) is 5. The lowest BCUT2D eigenvalue weighted by molar-refractivity contribution is 0.195. The van der Waals surface area contributed by atoms with Gasteiger partial charge in [-0.1, -0.05) is 92.6 Å². The normalized spacial score (nSPS) is 21.5. The molecule has 6 heterocycles. The third-order valence-corrected chi connectivity index (χ3v) is 16.3. The number of nitrogens with zero attached hydrogens (tertiary/aromatic N) is 2. The Balaban J connectivity index is 1.23. The lowest BCUT2D eigenvalue weighted by Crippen LogP contribution is -2.55. The summed E-state index contributed by atoms with van der Waals surface area (Å²) in [4.78, 5) is 5.46. The van der Waals surface area contributed by atoms with Crippen LogP contribution in [0.25, 0.3) is 41.4 Å². The molecule has 0 N–H and O–H groups in total. The molecule has 0 radical (unpaired) electrons. The van der Waals surface area contributed by atoms with Crippen LogP contribution in [-0.4, -0.2) is 12.3 Å². The van der Waals surface area contributed by atoms with Gasteiger partial charge in [-0.3, -0.25) is 0 Å². The van der Waals surface area contributed by atoms with Gasteiger partial charge >= 0.3 is 0 Å². The molecule has 2 nitrogen and oxygen atoms in total. The Kier molecular flexibility index (Phi) is 5.50. The molecule has 0 spiro atoms. The number of para-hydroxylation sites is 1. The molecular formula is C44H33BN2S3. The molecule has 2 atom stereocenters. The number of benzene rings is 5. The van der Waals surface area contributed by atoms with Crippen LogP contribution in [0.4, 0.5) is 28.4 Å². The van der Waals surface area contributed by atoms with Crippen LogP contribution < -0.4 is 24.8 Å². The van der Waals surface area contributed by atoms with Crippen LogP contribution in [0.3, 0.4) is 0 Å². The summed E-state index contributed by atoms with van der Waals surface area (Å²) >= 11 is 5.88. The van der Waals surface area contributed by atoms with Crippen LogP contribution in [-0.2, 0) is 5.41 Å². The number of anilines is 5. The summed E-state index contributed by atoms with van der Waals surface area (Å²) in [6.07, 6.45) is 4.99. The van der Waals surface area contributed by atoms with E-state index in [-0.39, 0.29) is 17.7 Å². The van der Waals surface area contributed by atoms with Crippen molar-refractivity contribution in [3.05, 3.63) is 120 Å². The number of thiophene rings is 3. The van der Waals surface area contributed by atoms with E-state index < -0.39 is 0 Å². The Hall–Kier alpha value is -4.36. The van der Waals surface area contributed by atoms with Crippen molar-refractivity contribution in [3.8, 4) is 11.1 Å². The van der Waals surface area contributed by atoms with Crippen LogP contribution in [0.5, 0.6) is 0 Å². The lowest BCUT2D eigenvalue weighted by Gasteiger charge is -2.50. The molecule has 1 aliphatic carbocycles. The van der Waals surface area contributed by atoms with Gasteiger partial charge in [0.25, 0.3) is 6.71 Å². The zero-order chi connectivity index (χ0) is 32.9. The van der Waals surface area contributed by atoms with Crippen molar-refractivity contribution >= 4 is 114 Å². The molecule has 5 aromatic carbocycles. The van der Waals surface area contributed by atoms with Gasteiger partial charge in [0.15, 0.2) is 0 Å². The number of fused-ring (bicyclic) bond motifs is 13.